The van der Waals surface area contributed by atoms with Crippen molar-refractivity contribution in [2.45, 2.75) is 26.2 Å². The van der Waals surface area contributed by atoms with E-state index in [4.69, 9.17) is 0 Å². The first-order valence-electron chi connectivity index (χ1n) is 4.43. The van der Waals surface area contributed by atoms with Gasteiger partial charge in [0.2, 0.25) is 0 Å². The Hall–Kier alpha value is -1.07. The number of carbonyl (C=O) groups excluding carboxylic acids is 1. The molecule has 1 heterocycles. The molecular formula is C9H16N2O3. The van der Waals surface area contributed by atoms with Crippen molar-refractivity contribution < 1.29 is 14.6 Å². The highest BCUT2D eigenvalue weighted by Gasteiger charge is 2.38. The highest BCUT2D eigenvalue weighted by atomic mass is 16.5. The van der Waals surface area contributed by atoms with Gasteiger partial charge < -0.3 is 15.2 Å². The Morgan fingerprint density at radius 3 is 2.71 bits per heavy atom. The van der Waals surface area contributed by atoms with Crippen LogP contribution in [0.4, 0.5) is 0 Å². The molecule has 14 heavy (non-hydrogen) atoms. The minimum atomic E-state index is -0.825. The van der Waals surface area contributed by atoms with Gasteiger partial charge in [-0.25, -0.2) is 0 Å². The van der Waals surface area contributed by atoms with E-state index in [-0.39, 0.29) is 12.0 Å². The van der Waals surface area contributed by atoms with Crippen LogP contribution >= 0.6 is 0 Å². The molecule has 0 saturated heterocycles. The van der Waals surface area contributed by atoms with Crippen LogP contribution < -0.4 is 10.6 Å². The van der Waals surface area contributed by atoms with E-state index in [1.54, 1.807) is 26.1 Å². The Labute approximate surface area is 83.1 Å². The molecular weight excluding hydrogens is 184 g/mol. The topological polar surface area (TPSA) is 70.6 Å². The maximum atomic E-state index is 11.4. The Balaban J connectivity index is 2.76. The average Bonchev–Trinajstić information content (AvgIpc) is 2.16. The molecule has 5 nitrogen and oxygen atoms in total. The average molecular weight is 200 g/mol. The van der Waals surface area contributed by atoms with Crippen LogP contribution in [0.3, 0.4) is 0 Å². The van der Waals surface area contributed by atoms with E-state index in [0.717, 1.165) is 0 Å². The van der Waals surface area contributed by atoms with E-state index in [0.29, 0.717) is 0 Å². The van der Waals surface area contributed by atoms with Crippen molar-refractivity contribution in [2.24, 2.45) is 5.41 Å². The summed E-state index contributed by atoms with van der Waals surface area (Å²) in [6, 6.07) is -0.244. The normalized spacial score (nSPS) is 26.9. The number of esters is 1. The largest absolute Gasteiger partial charge is 0.469 e. The molecule has 0 aromatic heterocycles. The lowest BCUT2D eigenvalue weighted by Crippen LogP contribution is -2.55. The lowest BCUT2D eigenvalue weighted by atomic mass is 9.84. The molecule has 3 N–H and O–H groups in total. The number of methoxy groups -OCH3 is 1. The Morgan fingerprint density at radius 1 is 1.57 bits per heavy atom. The molecule has 0 aliphatic carbocycles. The van der Waals surface area contributed by atoms with Crippen molar-refractivity contribution in [3.05, 3.63) is 12.3 Å². The third-order valence-electron chi connectivity index (χ3n) is 2.37. The maximum Gasteiger partial charge on any atom is 0.313 e. The first-order valence-corrected chi connectivity index (χ1v) is 4.43. The fourth-order valence-electron chi connectivity index (χ4n) is 1.36. The molecule has 0 aromatic carbocycles. The molecule has 1 aliphatic rings. The summed E-state index contributed by atoms with van der Waals surface area (Å²) in [5.74, 6) is -0.311. The Bertz CT molecular complexity index is 250. The van der Waals surface area contributed by atoms with Gasteiger partial charge in [0.15, 0.2) is 6.35 Å². The molecule has 1 aliphatic heterocycles. The first kappa shape index (κ1) is 11.0. The summed E-state index contributed by atoms with van der Waals surface area (Å²) in [4.78, 5) is 11.4. The molecule has 0 spiro atoms. The molecule has 80 valence electrons. The van der Waals surface area contributed by atoms with Crippen LogP contribution in [0.25, 0.3) is 0 Å². The summed E-state index contributed by atoms with van der Waals surface area (Å²) in [6.45, 7) is 3.53. The molecule has 1 rings (SSSR count). The van der Waals surface area contributed by atoms with E-state index in [2.05, 4.69) is 15.4 Å². The highest BCUT2D eigenvalue weighted by Crippen LogP contribution is 2.24. The van der Waals surface area contributed by atoms with E-state index in [1.165, 1.54) is 7.11 Å². The van der Waals surface area contributed by atoms with Gasteiger partial charge in [0.1, 0.15) is 0 Å². The van der Waals surface area contributed by atoms with Crippen molar-refractivity contribution in [1.29, 1.82) is 0 Å². The standard InChI is InChI=1S/C9H16N2O3/c1-9(2,7(12)14-3)6-4-5-10-8(13)11-6/h4-6,8,10-11,13H,1-3H3. The van der Waals surface area contributed by atoms with Crippen LogP contribution in [0.5, 0.6) is 0 Å². The Morgan fingerprint density at radius 2 is 2.21 bits per heavy atom. The zero-order valence-electron chi connectivity index (χ0n) is 8.57. The quantitative estimate of drug-likeness (QED) is 0.526. The molecule has 0 saturated carbocycles. The monoisotopic (exact) mass is 200 g/mol. The molecule has 0 bridgehead atoms. The third kappa shape index (κ3) is 2.05. The molecule has 0 fully saturated rings. The van der Waals surface area contributed by atoms with Gasteiger partial charge in [-0.3, -0.25) is 10.1 Å². The van der Waals surface area contributed by atoms with Gasteiger partial charge in [0, 0.05) is 6.04 Å². The van der Waals surface area contributed by atoms with Gasteiger partial charge in [-0.05, 0) is 20.0 Å². The number of hydrogen-bond acceptors (Lipinski definition) is 5. The van der Waals surface area contributed by atoms with Gasteiger partial charge in [0.25, 0.3) is 0 Å². The van der Waals surface area contributed by atoms with E-state index >= 15 is 0 Å². The number of aliphatic hydroxyl groups is 1. The smallest absolute Gasteiger partial charge is 0.313 e. The summed E-state index contributed by atoms with van der Waals surface area (Å²) in [5.41, 5.74) is -0.700. The number of aliphatic hydroxyl groups excluding tert-OH is 1. The van der Waals surface area contributed by atoms with Crippen LogP contribution in [0.2, 0.25) is 0 Å². The zero-order chi connectivity index (χ0) is 10.8. The van der Waals surface area contributed by atoms with Crippen molar-refractivity contribution in [3.63, 3.8) is 0 Å². The minimum Gasteiger partial charge on any atom is -0.469 e. The molecule has 2 unspecified atom stereocenters. The second kappa shape index (κ2) is 3.98. The number of rotatable bonds is 2. The van der Waals surface area contributed by atoms with Crippen LogP contribution in [0.1, 0.15) is 13.8 Å². The van der Waals surface area contributed by atoms with Crippen LogP contribution in [0.15, 0.2) is 12.3 Å². The SMILES string of the molecule is COC(=O)C(C)(C)C1C=CNC(O)N1. The van der Waals surface area contributed by atoms with Gasteiger partial charge in [0.05, 0.1) is 12.5 Å². The molecule has 0 radical (unpaired) electrons. The van der Waals surface area contributed by atoms with Crippen LogP contribution in [0, 0.1) is 5.41 Å². The summed E-state index contributed by atoms with van der Waals surface area (Å²) < 4.78 is 4.69. The lowest BCUT2D eigenvalue weighted by molar-refractivity contribution is -0.152. The number of carbonyl (C=O) groups is 1. The second-order valence-corrected chi connectivity index (χ2v) is 3.79. The number of ether oxygens (including phenoxy) is 1. The van der Waals surface area contributed by atoms with Crippen molar-refractivity contribution >= 4 is 5.97 Å². The summed E-state index contributed by atoms with van der Waals surface area (Å²) >= 11 is 0. The van der Waals surface area contributed by atoms with E-state index in [1.807, 2.05) is 0 Å². The van der Waals surface area contributed by atoms with Gasteiger partial charge in [-0.15, -0.1) is 0 Å². The van der Waals surface area contributed by atoms with Crippen molar-refractivity contribution in [2.75, 3.05) is 7.11 Å². The van der Waals surface area contributed by atoms with Gasteiger partial charge >= 0.3 is 5.97 Å². The first-order chi connectivity index (χ1) is 6.48. The maximum absolute atomic E-state index is 11.4. The summed E-state index contributed by atoms with van der Waals surface area (Å²) in [5, 5.41) is 14.8. The van der Waals surface area contributed by atoms with Crippen LogP contribution in [-0.2, 0) is 9.53 Å². The Kier molecular flexibility index (Phi) is 3.13. The second-order valence-electron chi connectivity index (χ2n) is 3.79. The van der Waals surface area contributed by atoms with Gasteiger partial charge in [-0.1, -0.05) is 6.08 Å². The van der Waals surface area contributed by atoms with E-state index in [9.17, 15) is 9.90 Å². The molecule has 2 atom stereocenters. The lowest BCUT2D eigenvalue weighted by Gasteiger charge is -2.34. The molecule has 0 aromatic rings. The minimum absolute atomic E-state index is 0.244. The zero-order valence-corrected chi connectivity index (χ0v) is 8.57. The predicted octanol–water partition coefficient (Wildman–Crippen LogP) is -0.463. The highest BCUT2D eigenvalue weighted by molar-refractivity contribution is 5.77. The summed E-state index contributed by atoms with van der Waals surface area (Å²) in [6.07, 6.45) is 2.58. The summed E-state index contributed by atoms with van der Waals surface area (Å²) in [7, 11) is 1.35. The van der Waals surface area contributed by atoms with Crippen LogP contribution in [-0.4, -0.2) is 30.6 Å². The fraction of sp³-hybridized carbons (Fsp3) is 0.667. The van der Waals surface area contributed by atoms with Crippen molar-refractivity contribution in [3.8, 4) is 0 Å². The predicted molar refractivity (Wildman–Crippen MR) is 51.0 cm³/mol. The number of hydrogen-bond donors (Lipinski definition) is 3. The molecule has 0 amide bonds. The van der Waals surface area contributed by atoms with Crippen molar-refractivity contribution in [1.82, 2.24) is 10.6 Å². The number of nitrogens with one attached hydrogen (secondary N) is 2. The third-order valence-corrected chi connectivity index (χ3v) is 2.37. The van der Waals surface area contributed by atoms with Gasteiger partial charge in [-0.2, -0.15) is 0 Å². The fourth-order valence-corrected chi connectivity index (χ4v) is 1.36. The van der Waals surface area contributed by atoms with E-state index < -0.39 is 11.8 Å². The molecule has 5 heteroatoms.